The zero-order valence-electron chi connectivity index (χ0n) is 19.9. The van der Waals surface area contributed by atoms with Crippen LogP contribution in [0.4, 0.5) is 11.5 Å². The molecular formula is C29H22N6O2. The number of carbonyl (C=O) groups excluding carboxylic acids is 1. The number of ether oxygens (including phenoxy) is 1. The minimum Gasteiger partial charge on any atom is -0.497 e. The second kappa shape index (κ2) is 9.09. The zero-order chi connectivity index (χ0) is 25.4. The standard InChI is InChI=1S/C29H22N6O2/c1-37-21-15-13-18(14-16-21)28-32-33-29-25-12-5-4-11-24(25)27(34-35(28)29)31-20-8-6-7-19(17-20)22-9-2-3-10-23(22)26(30)36/h2-17H,1H3,(H2,30,36)(H,31,34). The van der Waals surface area contributed by atoms with Crippen LogP contribution in [0.25, 0.3) is 38.9 Å². The molecule has 37 heavy (non-hydrogen) atoms. The van der Waals surface area contributed by atoms with Gasteiger partial charge in [-0.2, -0.15) is 4.52 Å². The van der Waals surface area contributed by atoms with Crippen LogP contribution in [0.15, 0.2) is 97.1 Å². The topological polar surface area (TPSA) is 107 Å². The number of amides is 1. The van der Waals surface area contributed by atoms with Gasteiger partial charge in [0.2, 0.25) is 5.91 Å². The number of rotatable bonds is 6. The average Bonchev–Trinajstić information content (AvgIpc) is 3.37. The van der Waals surface area contributed by atoms with Gasteiger partial charge in [-0.15, -0.1) is 15.3 Å². The Labute approximate surface area is 212 Å². The zero-order valence-corrected chi connectivity index (χ0v) is 19.9. The lowest BCUT2D eigenvalue weighted by Gasteiger charge is -2.13. The van der Waals surface area contributed by atoms with Crippen molar-refractivity contribution in [3.8, 4) is 28.3 Å². The SMILES string of the molecule is COc1ccc(-c2nnc3c4ccccc4c(Nc4cccc(-c5ccccc5C(N)=O)c4)nn23)cc1. The maximum Gasteiger partial charge on any atom is 0.249 e. The summed E-state index contributed by atoms with van der Waals surface area (Å²) in [6.45, 7) is 0. The van der Waals surface area contributed by atoms with Crippen molar-refractivity contribution in [2.45, 2.75) is 0 Å². The summed E-state index contributed by atoms with van der Waals surface area (Å²) in [6.07, 6.45) is 0. The van der Waals surface area contributed by atoms with E-state index >= 15 is 0 Å². The minimum absolute atomic E-state index is 0.467. The van der Waals surface area contributed by atoms with E-state index in [1.807, 2.05) is 84.9 Å². The summed E-state index contributed by atoms with van der Waals surface area (Å²) in [6, 6.07) is 30.7. The van der Waals surface area contributed by atoms with Gasteiger partial charge in [0, 0.05) is 27.6 Å². The quantitative estimate of drug-likeness (QED) is 0.324. The fraction of sp³-hybridized carbons (Fsp3) is 0.0345. The van der Waals surface area contributed by atoms with Crippen LogP contribution in [0, 0.1) is 0 Å². The van der Waals surface area contributed by atoms with Crippen LogP contribution in [-0.2, 0) is 0 Å². The number of nitrogens with one attached hydrogen (secondary N) is 1. The second-order valence-electron chi connectivity index (χ2n) is 8.50. The monoisotopic (exact) mass is 486 g/mol. The van der Waals surface area contributed by atoms with Crippen LogP contribution in [0.3, 0.4) is 0 Å². The Morgan fingerprint density at radius 3 is 2.38 bits per heavy atom. The predicted octanol–water partition coefficient (Wildman–Crippen LogP) is 5.46. The van der Waals surface area contributed by atoms with Crippen LogP contribution in [0.2, 0.25) is 0 Å². The Balaban J connectivity index is 1.47. The fourth-order valence-electron chi connectivity index (χ4n) is 4.44. The number of hydrogen-bond donors (Lipinski definition) is 2. The summed E-state index contributed by atoms with van der Waals surface area (Å²) in [5.41, 5.74) is 10.1. The first-order valence-electron chi connectivity index (χ1n) is 11.7. The molecule has 6 rings (SSSR count). The highest BCUT2D eigenvalue weighted by Crippen LogP contribution is 2.32. The molecule has 0 aliphatic carbocycles. The van der Waals surface area contributed by atoms with Gasteiger partial charge in [-0.3, -0.25) is 4.79 Å². The second-order valence-corrected chi connectivity index (χ2v) is 8.50. The van der Waals surface area contributed by atoms with E-state index in [0.29, 0.717) is 22.9 Å². The largest absolute Gasteiger partial charge is 0.497 e. The number of carbonyl (C=O) groups is 1. The van der Waals surface area contributed by atoms with Crippen molar-refractivity contribution in [2.75, 3.05) is 12.4 Å². The van der Waals surface area contributed by atoms with Crippen molar-refractivity contribution in [3.63, 3.8) is 0 Å². The van der Waals surface area contributed by atoms with Crippen molar-refractivity contribution >= 4 is 33.8 Å². The molecule has 0 unspecified atom stereocenters. The Morgan fingerprint density at radius 1 is 0.838 bits per heavy atom. The molecular weight excluding hydrogens is 464 g/mol. The van der Waals surface area contributed by atoms with Crippen LogP contribution in [0.5, 0.6) is 5.75 Å². The van der Waals surface area contributed by atoms with E-state index in [4.69, 9.17) is 15.6 Å². The molecule has 0 saturated heterocycles. The number of primary amides is 1. The van der Waals surface area contributed by atoms with E-state index in [-0.39, 0.29) is 0 Å². The molecule has 4 aromatic carbocycles. The molecule has 3 N–H and O–H groups in total. The minimum atomic E-state index is -0.467. The summed E-state index contributed by atoms with van der Waals surface area (Å²) in [4.78, 5) is 12.0. The number of hydrogen-bond acceptors (Lipinski definition) is 6. The lowest BCUT2D eigenvalue weighted by molar-refractivity contribution is 0.100. The maximum absolute atomic E-state index is 12.0. The number of methoxy groups -OCH3 is 1. The van der Waals surface area contributed by atoms with Crippen molar-refractivity contribution < 1.29 is 9.53 Å². The van der Waals surface area contributed by atoms with E-state index in [0.717, 1.165) is 38.9 Å². The van der Waals surface area contributed by atoms with Crippen molar-refractivity contribution in [3.05, 3.63) is 103 Å². The summed E-state index contributed by atoms with van der Waals surface area (Å²) in [5.74, 6) is 1.57. The molecule has 0 aliphatic rings. The predicted molar refractivity (Wildman–Crippen MR) is 144 cm³/mol. The molecule has 6 aromatic rings. The van der Waals surface area contributed by atoms with E-state index in [1.54, 1.807) is 23.8 Å². The molecule has 0 spiro atoms. The molecule has 0 saturated carbocycles. The molecule has 0 bridgehead atoms. The first-order chi connectivity index (χ1) is 18.1. The van der Waals surface area contributed by atoms with Gasteiger partial charge < -0.3 is 15.8 Å². The third-order valence-electron chi connectivity index (χ3n) is 6.24. The smallest absolute Gasteiger partial charge is 0.249 e. The Hall–Kier alpha value is -5.24. The van der Waals surface area contributed by atoms with E-state index < -0.39 is 5.91 Å². The highest BCUT2D eigenvalue weighted by Gasteiger charge is 2.16. The Kier molecular flexibility index (Phi) is 5.46. The van der Waals surface area contributed by atoms with Gasteiger partial charge in [-0.05, 0) is 53.6 Å². The summed E-state index contributed by atoms with van der Waals surface area (Å²) < 4.78 is 7.03. The molecule has 2 heterocycles. The Morgan fingerprint density at radius 2 is 1.59 bits per heavy atom. The summed E-state index contributed by atoms with van der Waals surface area (Å²) in [5, 5.41) is 19.1. The lowest BCUT2D eigenvalue weighted by atomic mass is 9.99. The number of nitrogens with zero attached hydrogens (tertiary/aromatic N) is 4. The maximum atomic E-state index is 12.0. The van der Waals surface area contributed by atoms with Crippen molar-refractivity contribution in [1.82, 2.24) is 19.8 Å². The van der Waals surface area contributed by atoms with Gasteiger partial charge in [0.05, 0.1) is 7.11 Å². The molecule has 8 heteroatoms. The Bertz CT molecular complexity index is 1780. The van der Waals surface area contributed by atoms with Crippen LogP contribution in [-0.4, -0.2) is 32.8 Å². The number of anilines is 2. The van der Waals surface area contributed by atoms with Gasteiger partial charge in [0.15, 0.2) is 17.3 Å². The number of aromatic nitrogens is 4. The number of benzene rings is 4. The summed E-state index contributed by atoms with van der Waals surface area (Å²) >= 11 is 0. The normalized spacial score (nSPS) is 11.1. The van der Waals surface area contributed by atoms with Gasteiger partial charge >= 0.3 is 0 Å². The van der Waals surface area contributed by atoms with Crippen molar-refractivity contribution in [2.24, 2.45) is 5.73 Å². The third-order valence-corrected chi connectivity index (χ3v) is 6.24. The molecule has 8 nitrogen and oxygen atoms in total. The summed E-state index contributed by atoms with van der Waals surface area (Å²) in [7, 11) is 1.63. The van der Waals surface area contributed by atoms with Crippen LogP contribution in [0.1, 0.15) is 10.4 Å². The fourth-order valence-corrected chi connectivity index (χ4v) is 4.44. The van der Waals surface area contributed by atoms with Crippen LogP contribution < -0.4 is 15.8 Å². The third kappa shape index (κ3) is 4.00. The molecule has 0 radical (unpaired) electrons. The molecule has 2 aromatic heterocycles. The van der Waals surface area contributed by atoms with E-state index in [9.17, 15) is 4.79 Å². The first-order valence-corrected chi connectivity index (χ1v) is 11.7. The highest BCUT2D eigenvalue weighted by molar-refractivity contribution is 6.02. The van der Waals surface area contributed by atoms with Gasteiger partial charge in [-0.1, -0.05) is 54.6 Å². The van der Waals surface area contributed by atoms with Crippen molar-refractivity contribution in [1.29, 1.82) is 0 Å². The molecule has 0 aliphatic heterocycles. The average molecular weight is 487 g/mol. The van der Waals surface area contributed by atoms with Crippen LogP contribution >= 0.6 is 0 Å². The number of fused-ring (bicyclic) bond motifs is 3. The molecule has 1 amide bonds. The van der Waals surface area contributed by atoms with Gasteiger partial charge in [0.25, 0.3) is 0 Å². The molecule has 0 atom stereocenters. The van der Waals surface area contributed by atoms with Gasteiger partial charge in [0.1, 0.15) is 5.75 Å². The van der Waals surface area contributed by atoms with E-state index in [2.05, 4.69) is 15.5 Å². The van der Waals surface area contributed by atoms with E-state index in [1.165, 1.54) is 0 Å². The van der Waals surface area contributed by atoms with Gasteiger partial charge in [-0.25, -0.2) is 0 Å². The molecule has 0 fully saturated rings. The number of nitrogens with two attached hydrogens (primary N) is 1. The first kappa shape index (κ1) is 22.2. The molecule has 180 valence electrons. The lowest BCUT2D eigenvalue weighted by Crippen LogP contribution is -2.12. The highest BCUT2D eigenvalue weighted by atomic mass is 16.5.